The van der Waals surface area contributed by atoms with E-state index in [2.05, 4.69) is 38.0 Å². The first kappa shape index (κ1) is 15.5. The largest absolute Gasteiger partial charge is 0.387 e. The number of aromatic nitrogens is 1. The van der Waals surface area contributed by atoms with Gasteiger partial charge in [0.25, 0.3) is 5.91 Å². The van der Waals surface area contributed by atoms with E-state index < -0.39 is 0 Å². The molecule has 0 atom stereocenters. The Hall–Kier alpha value is -1.58. The third-order valence-electron chi connectivity index (χ3n) is 2.73. The normalized spacial score (nSPS) is 10.9. The molecule has 0 aliphatic rings. The zero-order valence-corrected chi connectivity index (χ0v) is 12.6. The summed E-state index contributed by atoms with van der Waals surface area (Å²) in [5, 5.41) is 3.00. The van der Waals surface area contributed by atoms with Gasteiger partial charge in [-0.1, -0.05) is 27.7 Å². The topological polar surface area (TPSA) is 45.2 Å². The third-order valence-corrected chi connectivity index (χ3v) is 2.73. The van der Waals surface area contributed by atoms with Gasteiger partial charge in [-0.2, -0.15) is 0 Å². The standard InChI is InChI=1S/C15H25N3O/c1-11(2)9-18(10-12(3)4)15(19)14-7-6-13(16-5)8-17-14/h6-8,11-12,16H,9-10H2,1-5H3. The second-order valence-electron chi connectivity index (χ2n) is 5.68. The minimum Gasteiger partial charge on any atom is -0.387 e. The van der Waals surface area contributed by atoms with Gasteiger partial charge in [-0.05, 0) is 24.0 Å². The number of nitrogens with one attached hydrogen (secondary N) is 1. The van der Waals surface area contributed by atoms with Crippen LogP contribution < -0.4 is 5.32 Å². The molecule has 1 aromatic heterocycles. The Labute approximate surface area is 116 Å². The zero-order valence-electron chi connectivity index (χ0n) is 12.6. The summed E-state index contributed by atoms with van der Waals surface area (Å²) in [6.45, 7) is 10.0. The summed E-state index contributed by atoms with van der Waals surface area (Å²) in [6, 6.07) is 3.66. The van der Waals surface area contributed by atoms with Crippen LogP contribution in [-0.2, 0) is 0 Å². The van der Waals surface area contributed by atoms with Crippen molar-refractivity contribution in [2.75, 3.05) is 25.5 Å². The molecule has 0 saturated heterocycles. The monoisotopic (exact) mass is 263 g/mol. The molecule has 0 aliphatic heterocycles. The fraction of sp³-hybridized carbons (Fsp3) is 0.600. The highest BCUT2D eigenvalue weighted by Gasteiger charge is 2.18. The van der Waals surface area contributed by atoms with Crippen molar-refractivity contribution >= 4 is 11.6 Å². The Kier molecular flexibility index (Phi) is 5.80. The minimum absolute atomic E-state index is 0.0186. The maximum Gasteiger partial charge on any atom is 0.272 e. The molecule has 19 heavy (non-hydrogen) atoms. The van der Waals surface area contributed by atoms with Gasteiger partial charge in [0, 0.05) is 20.1 Å². The number of anilines is 1. The predicted octanol–water partition coefficient (Wildman–Crippen LogP) is 2.88. The molecule has 1 aromatic rings. The average molecular weight is 263 g/mol. The van der Waals surface area contributed by atoms with Gasteiger partial charge in [0.1, 0.15) is 5.69 Å². The van der Waals surface area contributed by atoms with Crippen molar-refractivity contribution in [1.29, 1.82) is 0 Å². The Bertz CT molecular complexity index is 388. The van der Waals surface area contributed by atoms with E-state index in [0.717, 1.165) is 18.8 Å². The number of nitrogens with zero attached hydrogens (tertiary/aromatic N) is 2. The van der Waals surface area contributed by atoms with Crippen LogP contribution in [-0.4, -0.2) is 35.9 Å². The summed E-state index contributed by atoms with van der Waals surface area (Å²) in [7, 11) is 1.84. The molecule has 1 rings (SSSR count). The highest BCUT2D eigenvalue weighted by Crippen LogP contribution is 2.11. The van der Waals surface area contributed by atoms with Crippen molar-refractivity contribution in [2.24, 2.45) is 11.8 Å². The van der Waals surface area contributed by atoms with Crippen molar-refractivity contribution in [3.63, 3.8) is 0 Å². The maximum absolute atomic E-state index is 12.5. The van der Waals surface area contributed by atoms with Crippen LogP contribution in [0.15, 0.2) is 18.3 Å². The second kappa shape index (κ2) is 7.12. The molecule has 0 aromatic carbocycles. The van der Waals surface area contributed by atoms with Gasteiger partial charge >= 0.3 is 0 Å². The van der Waals surface area contributed by atoms with Crippen LogP contribution in [0.2, 0.25) is 0 Å². The summed E-state index contributed by atoms with van der Waals surface area (Å²) in [6.07, 6.45) is 1.69. The van der Waals surface area contributed by atoms with Gasteiger partial charge in [0.2, 0.25) is 0 Å². The Morgan fingerprint density at radius 3 is 2.16 bits per heavy atom. The maximum atomic E-state index is 12.5. The van der Waals surface area contributed by atoms with Gasteiger partial charge in [0.05, 0.1) is 11.9 Å². The van der Waals surface area contributed by atoms with Crippen LogP contribution in [0, 0.1) is 11.8 Å². The fourth-order valence-corrected chi connectivity index (χ4v) is 1.95. The third kappa shape index (κ3) is 4.89. The highest BCUT2D eigenvalue weighted by molar-refractivity contribution is 5.92. The average Bonchev–Trinajstić information content (AvgIpc) is 2.36. The van der Waals surface area contributed by atoms with E-state index >= 15 is 0 Å². The molecule has 0 bridgehead atoms. The highest BCUT2D eigenvalue weighted by atomic mass is 16.2. The van der Waals surface area contributed by atoms with E-state index in [9.17, 15) is 4.79 Å². The van der Waals surface area contributed by atoms with Gasteiger partial charge in [-0.25, -0.2) is 4.98 Å². The lowest BCUT2D eigenvalue weighted by atomic mass is 10.1. The molecule has 1 heterocycles. The summed E-state index contributed by atoms with van der Waals surface area (Å²) >= 11 is 0. The van der Waals surface area contributed by atoms with E-state index in [1.54, 1.807) is 12.3 Å². The second-order valence-corrected chi connectivity index (χ2v) is 5.68. The van der Waals surface area contributed by atoms with Gasteiger partial charge in [-0.15, -0.1) is 0 Å². The number of amides is 1. The van der Waals surface area contributed by atoms with E-state index in [4.69, 9.17) is 0 Å². The summed E-state index contributed by atoms with van der Waals surface area (Å²) in [4.78, 5) is 18.6. The molecule has 0 unspecified atom stereocenters. The summed E-state index contributed by atoms with van der Waals surface area (Å²) in [5.41, 5.74) is 1.43. The van der Waals surface area contributed by atoms with Crippen LogP contribution in [0.3, 0.4) is 0 Å². The first-order valence-corrected chi connectivity index (χ1v) is 6.87. The smallest absolute Gasteiger partial charge is 0.272 e. The van der Waals surface area contributed by atoms with Crippen LogP contribution in [0.4, 0.5) is 5.69 Å². The Morgan fingerprint density at radius 1 is 1.21 bits per heavy atom. The fourth-order valence-electron chi connectivity index (χ4n) is 1.95. The number of carbonyl (C=O) groups is 1. The van der Waals surface area contributed by atoms with Gasteiger partial charge in [0.15, 0.2) is 0 Å². The zero-order chi connectivity index (χ0) is 14.4. The molecule has 0 aliphatic carbocycles. The summed E-state index contributed by atoms with van der Waals surface area (Å²) < 4.78 is 0. The molecule has 4 nitrogen and oxygen atoms in total. The number of carbonyl (C=O) groups excluding carboxylic acids is 1. The predicted molar refractivity (Wildman–Crippen MR) is 79.4 cm³/mol. The minimum atomic E-state index is 0.0186. The molecular weight excluding hydrogens is 238 g/mol. The van der Waals surface area contributed by atoms with E-state index in [1.165, 1.54) is 0 Å². The lowest BCUT2D eigenvalue weighted by Crippen LogP contribution is -2.37. The van der Waals surface area contributed by atoms with Crippen LogP contribution in [0.25, 0.3) is 0 Å². The van der Waals surface area contributed by atoms with Crippen LogP contribution in [0.1, 0.15) is 38.2 Å². The number of pyridine rings is 1. The van der Waals surface area contributed by atoms with Crippen molar-refractivity contribution in [1.82, 2.24) is 9.88 Å². The van der Waals surface area contributed by atoms with E-state index in [0.29, 0.717) is 17.5 Å². The molecule has 106 valence electrons. The van der Waals surface area contributed by atoms with Crippen molar-refractivity contribution in [2.45, 2.75) is 27.7 Å². The van der Waals surface area contributed by atoms with Gasteiger partial charge < -0.3 is 10.2 Å². The van der Waals surface area contributed by atoms with E-state index in [-0.39, 0.29) is 5.91 Å². The number of hydrogen-bond donors (Lipinski definition) is 1. The van der Waals surface area contributed by atoms with Crippen LogP contribution >= 0.6 is 0 Å². The molecule has 0 fully saturated rings. The first-order valence-electron chi connectivity index (χ1n) is 6.87. The number of hydrogen-bond acceptors (Lipinski definition) is 3. The van der Waals surface area contributed by atoms with Crippen molar-refractivity contribution < 1.29 is 4.79 Å². The molecule has 0 spiro atoms. The van der Waals surface area contributed by atoms with E-state index in [1.807, 2.05) is 18.0 Å². The Balaban J connectivity index is 2.84. The lowest BCUT2D eigenvalue weighted by Gasteiger charge is -2.26. The van der Waals surface area contributed by atoms with Gasteiger partial charge in [-0.3, -0.25) is 4.79 Å². The van der Waals surface area contributed by atoms with Crippen LogP contribution in [0.5, 0.6) is 0 Å². The molecule has 4 heteroatoms. The van der Waals surface area contributed by atoms with Crippen molar-refractivity contribution in [3.05, 3.63) is 24.0 Å². The molecule has 0 saturated carbocycles. The SMILES string of the molecule is CNc1ccc(C(=O)N(CC(C)C)CC(C)C)nc1. The summed E-state index contributed by atoms with van der Waals surface area (Å²) in [5.74, 6) is 0.934. The number of rotatable bonds is 6. The lowest BCUT2D eigenvalue weighted by molar-refractivity contribution is 0.0709. The Morgan fingerprint density at radius 2 is 1.79 bits per heavy atom. The molecule has 1 amide bonds. The molecular formula is C15H25N3O. The molecule has 0 radical (unpaired) electrons. The van der Waals surface area contributed by atoms with Crippen molar-refractivity contribution in [3.8, 4) is 0 Å². The quantitative estimate of drug-likeness (QED) is 0.858. The molecule has 1 N–H and O–H groups in total. The first-order chi connectivity index (χ1) is 8.93.